The SMILES string of the molecule is CC(C)CNC(=O)CCn1c(=S)[nH]c2cccc(Cl)c21. The molecule has 0 spiro atoms. The summed E-state index contributed by atoms with van der Waals surface area (Å²) in [4.78, 5) is 14.9. The Bertz CT molecular complexity index is 675. The first-order chi connectivity index (χ1) is 9.49. The fraction of sp³-hybridized carbons (Fsp3) is 0.429. The standard InChI is InChI=1S/C14H18ClN3OS/c1-9(2)8-16-12(19)6-7-18-13-10(15)4-3-5-11(13)17-14(18)20/h3-5,9H,6-8H2,1-2H3,(H,16,19)(H,17,20). The van der Waals surface area contributed by atoms with E-state index < -0.39 is 0 Å². The molecule has 108 valence electrons. The van der Waals surface area contributed by atoms with Crippen molar-refractivity contribution in [2.24, 2.45) is 5.92 Å². The number of halogens is 1. The fourth-order valence-corrected chi connectivity index (χ4v) is 2.58. The number of nitrogens with zero attached hydrogens (tertiary/aromatic N) is 1. The highest BCUT2D eigenvalue weighted by Crippen LogP contribution is 2.23. The number of fused-ring (bicyclic) bond motifs is 1. The third-order valence-corrected chi connectivity index (χ3v) is 3.64. The summed E-state index contributed by atoms with van der Waals surface area (Å²) < 4.78 is 2.46. The topological polar surface area (TPSA) is 49.8 Å². The van der Waals surface area contributed by atoms with Crippen molar-refractivity contribution in [3.63, 3.8) is 0 Å². The molecule has 1 heterocycles. The van der Waals surface area contributed by atoms with Gasteiger partial charge in [-0.1, -0.05) is 31.5 Å². The number of aryl methyl sites for hydroxylation is 1. The number of carbonyl (C=O) groups excluding carboxylic acids is 1. The van der Waals surface area contributed by atoms with Crippen molar-refractivity contribution >= 4 is 40.8 Å². The van der Waals surface area contributed by atoms with E-state index in [1.54, 1.807) is 0 Å². The van der Waals surface area contributed by atoms with Gasteiger partial charge in [-0.25, -0.2) is 0 Å². The maximum absolute atomic E-state index is 11.8. The summed E-state index contributed by atoms with van der Waals surface area (Å²) in [5.41, 5.74) is 1.75. The van der Waals surface area contributed by atoms with E-state index in [-0.39, 0.29) is 5.91 Å². The average Bonchev–Trinajstić information content (AvgIpc) is 2.71. The van der Waals surface area contributed by atoms with Crippen LogP contribution in [0, 0.1) is 10.7 Å². The molecule has 1 aromatic carbocycles. The summed E-state index contributed by atoms with van der Waals surface area (Å²) in [5, 5.41) is 3.53. The summed E-state index contributed by atoms with van der Waals surface area (Å²) in [6.07, 6.45) is 0.388. The van der Waals surface area contributed by atoms with Gasteiger partial charge < -0.3 is 14.9 Å². The van der Waals surface area contributed by atoms with Crippen LogP contribution in [-0.4, -0.2) is 22.0 Å². The van der Waals surface area contributed by atoms with Gasteiger partial charge in [-0.3, -0.25) is 4.79 Å². The summed E-state index contributed by atoms with van der Waals surface area (Å²) in [5.74, 6) is 0.477. The molecule has 1 aromatic heterocycles. The molecule has 0 fully saturated rings. The quantitative estimate of drug-likeness (QED) is 0.830. The number of aromatic amines is 1. The number of benzene rings is 1. The Morgan fingerprint density at radius 2 is 2.25 bits per heavy atom. The van der Waals surface area contributed by atoms with E-state index in [0.29, 0.717) is 35.2 Å². The molecule has 0 saturated carbocycles. The first-order valence-electron chi connectivity index (χ1n) is 6.62. The summed E-state index contributed by atoms with van der Waals surface area (Å²) in [6.45, 7) is 5.34. The lowest BCUT2D eigenvalue weighted by Crippen LogP contribution is -2.28. The molecule has 4 nitrogen and oxygen atoms in total. The minimum absolute atomic E-state index is 0.0296. The molecule has 0 aliphatic rings. The van der Waals surface area contributed by atoms with E-state index in [1.165, 1.54) is 0 Å². The van der Waals surface area contributed by atoms with E-state index in [4.69, 9.17) is 23.8 Å². The minimum Gasteiger partial charge on any atom is -0.356 e. The second-order valence-corrected chi connectivity index (χ2v) is 5.96. The molecule has 0 radical (unpaired) electrons. The first-order valence-corrected chi connectivity index (χ1v) is 7.41. The Morgan fingerprint density at radius 3 is 2.95 bits per heavy atom. The number of imidazole rings is 1. The lowest BCUT2D eigenvalue weighted by molar-refractivity contribution is -0.121. The van der Waals surface area contributed by atoms with Gasteiger partial charge in [0.05, 0.1) is 16.1 Å². The molecule has 0 aliphatic heterocycles. The van der Waals surface area contributed by atoms with Gasteiger partial charge in [0.2, 0.25) is 5.91 Å². The van der Waals surface area contributed by atoms with Crippen LogP contribution < -0.4 is 5.32 Å². The molecule has 2 rings (SSSR count). The Labute approximate surface area is 128 Å². The number of amides is 1. The largest absolute Gasteiger partial charge is 0.356 e. The van der Waals surface area contributed by atoms with Gasteiger partial charge in [-0.05, 0) is 30.3 Å². The van der Waals surface area contributed by atoms with Gasteiger partial charge in [0.25, 0.3) is 0 Å². The van der Waals surface area contributed by atoms with Crippen LogP contribution in [0.3, 0.4) is 0 Å². The van der Waals surface area contributed by atoms with Crippen LogP contribution in [0.1, 0.15) is 20.3 Å². The van der Waals surface area contributed by atoms with Crippen LogP contribution in [0.15, 0.2) is 18.2 Å². The van der Waals surface area contributed by atoms with Gasteiger partial charge >= 0.3 is 0 Å². The second-order valence-electron chi connectivity index (χ2n) is 5.17. The van der Waals surface area contributed by atoms with E-state index in [0.717, 1.165) is 11.0 Å². The molecular formula is C14H18ClN3OS. The normalized spacial score (nSPS) is 11.2. The lowest BCUT2D eigenvalue weighted by Gasteiger charge is -2.09. The van der Waals surface area contributed by atoms with Gasteiger partial charge in [0.15, 0.2) is 4.77 Å². The molecule has 0 aliphatic carbocycles. The number of hydrogen-bond donors (Lipinski definition) is 2. The maximum Gasteiger partial charge on any atom is 0.221 e. The molecular weight excluding hydrogens is 294 g/mol. The summed E-state index contributed by atoms with van der Waals surface area (Å²) >= 11 is 11.5. The number of rotatable bonds is 5. The van der Waals surface area contributed by atoms with Crippen LogP contribution in [0.5, 0.6) is 0 Å². The third kappa shape index (κ3) is 3.41. The molecule has 20 heavy (non-hydrogen) atoms. The Kier molecular flexibility index (Phi) is 4.83. The highest BCUT2D eigenvalue weighted by molar-refractivity contribution is 7.71. The fourth-order valence-electron chi connectivity index (χ4n) is 2.01. The number of nitrogens with one attached hydrogen (secondary N) is 2. The van der Waals surface area contributed by atoms with Crippen LogP contribution in [0.25, 0.3) is 11.0 Å². The monoisotopic (exact) mass is 311 g/mol. The van der Waals surface area contributed by atoms with Gasteiger partial charge in [0, 0.05) is 19.5 Å². The molecule has 0 saturated heterocycles. The van der Waals surface area contributed by atoms with Crippen molar-refractivity contribution in [3.05, 3.63) is 28.0 Å². The number of hydrogen-bond acceptors (Lipinski definition) is 2. The highest BCUT2D eigenvalue weighted by Gasteiger charge is 2.09. The van der Waals surface area contributed by atoms with Crippen LogP contribution in [-0.2, 0) is 11.3 Å². The van der Waals surface area contributed by atoms with E-state index >= 15 is 0 Å². The zero-order chi connectivity index (χ0) is 14.7. The van der Waals surface area contributed by atoms with E-state index in [1.807, 2.05) is 22.8 Å². The lowest BCUT2D eigenvalue weighted by atomic mass is 10.2. The predicted octanol–water partition coefficient (Wildman–Crippen LogP) is 3.51. The molecule has 2 N–H and O–H groups in total. The van der Waals surface area contributed by atoms with Gasteiger partial charge in [0.1, 0.15) is 0 Å². The molecule has 0 bridgehead atoms. The summed E-state index contributed by atoms with van der Waals surface area (Å²) in [7, 11) is 0. The molecule has 0 atom stereocenters. The van der Waals surface area contributed by atoms with Crippen LogP contribution >= 0.6 is 23.8 Å². The number of H-pyrrole nitrogens is 1. The van der Waals surface area contributed by atoms with Crippen molar-refractivity contribution in [3.8, 4) is 0 Å². The second kappa shape index (κ2) is 6.41. The minimum atomic E-state index is 0.0296. The molecule has 2 aromatic rings. The third-order valence-electron chi connectivity index (χ3n) is 3.01. The zero-order valence-corrected chi connectivity index (χ0v) is 13.1. The summed E-state index contributed by atoms with van der Waals surface area (Å²) in [6, 6.07) is 5.61. The van der Waals surface area contributed by atoms with Crippen molar-refractivity contribution in [1.82, 2.24) is 14.9 Å². The maximum atomic E-state index is 11.8. The number of para-hydroxylation sites is 1. The smallest absolute Gasteiger partial charge is 0.221 e. The van der Waals surface area contributed by atoms with E-state index in [9.17, 15) is 4.79 Å². The van der Waals surface area contributed by atoms with Crippen molar-refractivity contribution in [2.45, 2.75) is 26.8 Å². The molecule has 6 heteroatoms. The van der Waals surface area contributed by atoms with E-state index in [2.05, 4.69) is 24.1 Å². The zero-order valence-electron chi connectivity index (χ0n) is 11.6. The van der Waals surface area contributed by atoms with Gasteiger partial charge in [-0.2, -0.15) is 0 Å². The van der Waals surface area contributed by atoms with Crippen molar-refractivity contribution in [1.29, 1.82) is 0 Å². The van der Waals surface area contributed by atoms with Crippen LogP contribution in [0.2, 0.25) is 5.02 Å². The number of carbonyl (C=O) groups is 1. The van der Waals surface area contributed by atoms with Crippen molar-refractivity contribution < 1.29 is 4.79 Å². The highest BCUT2D eigenvalue weighted by atomic mass is 35.5. The molecule has 1 amide bonds. The van der Waals surface area contributed by atoms with Crippen LogP contribution in [0.4, 0.5) is 0 Å². The number of aromatic nitrogens is 2. The molecule has 0 unspecified atom stereocenters. The first kappa shape index (κ1) is 15.1. The average molecular weight is 312 g/mol. The Morgan fingerprint density at radius 1 is 1.50 bits per heavy atom. The Hall–Kier alpha value is -1.33. The van der Waals surface area contributed by atoms with Gasteiger partial charge in [-0.15, -0.1) is 0 Å². The van der Waals surface area contributed by atoms with Crippen molar-refractivity contribution in [2.75, 3.05) is 6.54 Å². The Balaban J connectivity index is 2.12. The predicted molar refractivity (Wildman–Crippen MR) is 84.6 cm³/mol.